The van der Waals surface area contributed by atoms with Gasteiger partial charge in [0.05, 0.1) is 18.5 Å². The van der Waals surface area contributed by atoms with E-state index in [0.29, 0.717) is 18.7 Å². The van der Waals surface area contributed by atoms with Crippen LogP contribution in [0.1, 0.15) is 30.0 Å². The summed E-state index contributed by atoms with van der Waals surface area (Å²) < 4.78 is 32.0. The zero-order valence-electron chi connectivity index (χ0n) is 17.7. The van der Waals surface area contributed by atoms with E-state index < -0.39 is 16.1 Å². The molecule has 2 aromatic carbocycles. The zero-order chi connectivity index (χ0) is 21.6. The zero-order valence-corrected chi connectivity index (χ0v) is 18.5. The van der Waals surface area contributed by atoms with Gasteiger partial charge in [-0.05, 0) is 56.5 Å². The van der Waals surface area contributed by atoms with Crippen LogP contribution in [-0.4, -0.2) is 39.8 Å². The van der Waals surface area contributed by atoms with Gasteiger partial charge in [0.15, 0.2) is 0 Å². The quantitative estimate of drug-likeness (QED) is 0.634. The molecule has 2 aromatic rings. The van der Waals surface area contributed by atoms with Crippen molar-refractivity contribution in [1.82, 2.24) is 5.32 Å². The van der Waals surface area contributed by atoms with Crippen molar-refractivity contribution in [2.24, 2.45) is 0 Å². The Morgan fingerprint density at radius 2 is 1.69 bits per heavy atom. The minimum absolute atomic E-state index is 0.285. The van der Waals surface area contributed by atoms with Crippen molar-refractivity contribution >= 4 is 21.6 Å². The maximum Gasteiger partial charge on any atom is 0.244 e. The number of ether oxygens (including phenoxy) is 1. The van der Waals surface area contributed by atoms with Gasteiger partial charge in [0.1, 0.15) is 18.4 Å². The number of carbonyl (C=O) groups is 1. The van der Waals surface area contributed by atoms with Crippen LogP contribution < -0.4 is 14.4 Å². The average Bonchev–Trinajstić information content (AvgIpc) is 2.65. The highest BCUT2D eigenvalue weighted by molar-refractivity contribution is 7.92. The van der Waals surface area contributed by atoms with Gasteiger partial charge in [0, 0.05) is 0 Å². The van der Waals surface area contributed by atoms with E-state index in [1.807, 2.05) is 57.2 Å². The third kappa shape index (κ3) is 6.22. The second kappa shape index (κ2) is 9.78. The predicted molar refractivity (Wildman–Crippen MR) is 117 cm³/mol. The predicted octanol–water partition coefficient (Wildman–Crippen LogP) is 3.35. The molecule has 0 spiro atoms. The molecule has 0 saturated heterocycles. The number of rotatable bonds is 9. The fraction of sp³-hybridized carbons (Fsp3) is 0.409. The van der Waals surface area contributed by atoms with Gasteiger partial charge in [0.25, 0.3) is 0 Å². The second-order valence-corrected chi connectivity index (χ2v) is 9.08. The third-order valence-corrected chi connectivity index (χ3v) is 5.79. The number of carbonyl (C=O) groups excluding carboxylic acids is 1. The number of hydrogen-bond donors (Lipinski definition) is 1. The van der Waals surface area contributed by atoms with Gasteiger partial charge < -0.3 is 10.1 Å². The number of nitrogens with one attached hydrogen (secondary N) is 1. The van der Waals surface area contributed by atoms with Crippen molar-refractivity contribution in [2.75, 3.05) is 23.7 Å². The largest absolute Gasteiger partial charge is 0.492 e. The fourth-order valence-corrected chi connectivity index (χ4v) is 4.35. The highest BCUT2D eigenvalue weighted by Gasteiger charge is 2.32. The Bertz CT molecular complexity index is 940. The molecule has 158 valence electrons. The molecule has 0 aliphatic rings. The van der Waals surface area contributed by atoms with Crippen LogP contribution in [0.25, 0.3) is 0 Å². The molecule has 0 bridgehead atoms. The highest BCUT2D eigenvalue weighted by Crippen LogP contribution is 2.27. The van der Waals surface area contributed by atoms with E-state index in [-0.39, 0.29) is 12.5 Å². The van der Waals surface area contributed by atoms with E-state index >= 15 is 0 Å². The van der Waals surface area contributed by atoms with Crippen molar-refractivity contribution in [1.29, 1.82) is 0 Å². The summed E-state index contributed by atoms with van der Waals surface area (Å²) in [6.07, 6.45) is 1.48. The number of benzene rings is 2. The topological polar surface area (TPSA) is 75.7 Å². The maximum absolute atomic E-state index is 12.8. The van der Waals surface area contributed by atoms with Gasteiger partial charge in [-0.3, -0.25) is 9.10 Å². The van der Waals surface area contributed by atoms with E-state index in [4.69, 9.17) is 4.74 Å². The molecule has 0 heterocycles. The number of hydrogen-bond acceptors (Lipinski definition) is 4. The molecule has 0 radical (unpaired) electrons. The lowest BCUT2D eigenvalue weighted by molar-refractivity contribution is -0.122. The van der Waals surface area contributed by atoms with Crippen molar-refractivity contribution in [3.63, 3.8) is 0 Å². The summed E-state index contributed by atoms with van der Waals surface area (Å²) >= 11 is 0. The Morgan fingerprint density at radius 1 is 1.07 bits per heavy atom. The summed E-state index contributed by atoms with van der Waals surface area (Å²) in [5, 5.41) is 2.80. The lowest BCUT2D eigenvalue weighted by Gasteiger charge is -2.31. The highest BCUT2D eigenvalue weighted by atomic mass is 32.2. The molecule has 0 saturated carbocycles. The van der Waals surface area contributed by atoms with Crippen molar-refractivity contribution in [3.8, 4) is 5.75 Å². The Balaban J connectivity index is 2.10. The number of nitrogens with zero attached hydrogens (tertiary/aromatic N) is 1. The summed E-state index contributed by atoms with van der Waals surface area (Å²) in [7, 11) is -3.65. The minimum atomic E-state index is -3.65. The van der Waals surface area contributed by atoms with Crippen LogP contribution >= 0.6 is 0 Å². The first-order chi connectivity index (χ1) is 13.6. The number of sulfonamides is 1. The van der Waals surface area contributed by atoms with Crippen molar-refractivity contribution in [2.45, 2.75) is 40.2 Å². The number of amides is 1. The van der Waals surface area contributed by atoms with Gasteiger partial charge in [-0.1, -0.05) is 36.8 Å². The van der Waals surface area contributed by atoms with E-state index in [0.717, 1.165) is 28.7 Å². The summed E-state index contributed by atoms with van der Waals surface area (Å²) in [6, 6.07) is 12.4. The van der Waals surface area contributed by atoms with Gasteiger partial charge >= 0.3 is 0 Å². The van der Waals surface area contributed by atoms with Crippen LogP contribution in [0.15, 0.2) is 42.5 Å². The molecule has 1 atom stereocenters. The molecule has 7 heteroatoms. The van der Waals surface area contributed by atoms with E-state index in [1.165, 1.54) is 4.31 Å². The van der Waals surface area contributed by atoms with Crippen molar-refractivity contribution < 1.29 is 17.9 Å². The van der Waals surface area contributed by atoms with Crippen LogP contribution in [0.2, 0.25) is 0 Å². The first-order valence-electron chi connectivity index (χ1n) is 9.67. The normalized spacial score (nSPS) is 12.3. The van der Waals surface area contributed by atoms with Crippen LogP contribution in [0, 0.1) is 20.8 Å². The molecule has 6 nitrogen and oxygen atoms in total. The Morgan fingerprint density at radius 3 is 2.28 bits per heavy atom. The van der Waals surface area contributed by atoms with Crippen LogP contribution in [0.5, 0.6) is 5.75 Å². The summed E-state index contributed by atoms with van der Waals surface area (Å²) in [5.41, 5.74) is 3.41. The van der Waals surface area contributed by atoms with Gasteiger partial charge in [-0.2, -0.15) is 0 Å². The fourth-order valence-electron chi connectivity index (χ4n) is 3.09. The van der Waals surface area contributed by atoms with Gasteiger partial charge in [0.2, 0.25) is 15.9 Å². The van der Waals surface area contributed by atoms with Gasteiger partial charge in [-0.25, -0.2) is 8.42 Å². The second-order valence-electron chi connectivity index (χ2n) is 7.23. The molecule has 2 rings (SSSR count). The van der Waals surface area contributed by atoms with Gasteiger partial charge in [-0.15, -0.1) is 0 Å². The van der Waals surface area contributed by atoms with Crippen LogP contribution in [-0.2, 0) is 14.8 Å². The molecule has 0 aliphatic heterocycles. The summed E-state index contributed by atoms with van der Waals surface area (Å²) in [5.74, 6) is 0.386. The van der Waals surface area contributed by atoms with E-state index in [9.17, 15) is 13.2 Å². The Hall–Kier alpha value is -2.54. The monoisotopic (exact) mass is 418 g/mol. The first-order valence-corrected chi connectivity index (χ1v) is 11.5. The smallest absolute Gasteiger partial charge is 0.244 e. The Kier molecular flexibility index (Phi) is 7.67. The summed E-state index contributed by atoms with van der Waals surface area (Å²) in [4.78, 5) is 12.8. The first kappa shape index (κ1) is 22.7. The molecule has 0 fully saturated rings. The average molecular weight is 419 g/mol. The SMILES string of the molecule is CCC(C(=O)NCCOc1ccc(C)cc1)N(c1cc(C)ccc1C)S(C)(=O)=O. The molecule has 1 unspecified atom stereocenters. The Labute approximate surface area is 173 Å². The maximum atomic E-state index is 12.8. The number of aryl methyl sites for hydroxylation is 3. The molecular formula is C22H30N2O4S. The number of anilines is 1. The lowest BCUT2D eigenvalue weighted by atomic mass is 10.1. The molecule has 1 N–H and O–H groups in total. The molecule has 29 heavy (non-hydrogen) atoms. The standard InChI is InChI=1S/C22H30N2O4S/c1-6-20(22(25)23-13-14-28-19-11-8-16(2)9-12-19)24(29(5,26)27)21-15-17(3)7-10-18(21)4/h7-12,15,20H,6,13-14H2,1-5H3,(H,23,25). The van der Waals surface area contributed by atoms with E-state index in [2.05, 4.69) is 5.32 Å². The molecular weight excluding hydrogens is 388 g/mol. The summed E-state index contributed by atoms with van der Waals surface area (Å²) in [6.45, 7) is 8.12. The minimum Gasteiger partial charge on any atom is -0.492 e. The van der Waals surface area contributed by atoms with E-state index in [1.54, 1.807) is 13.0 Å². The third-order valence-electron chi connectivity index (χ3n) is 4.62. The lowest BCUT2D eigenvalue weighted by Crippen LogP contribution is -2.50. The molecule has 0 aliphatic carbocycles. The molecule has 0 aromatic heterocycles. The molecule has 1 amide bonds. The van der Waals surface area contributed by atoms with Crippen molar-refractivity contribution in [3.05, 3.63) is 59.2 Å². The van der Waals surface area contributed by atoms with Crippen LogP contribution in [0.3, 0.4) is 0 Å². The van der Waals surface area contributed by atoms with Crippen LogP contribution in [0.4, 0.5) is 5.69 Å².